The van der Waals surface area contributed by atoms with E-state index in [4.69, 9.17) is 0 Å². The Balaban J connectivity index is 1.75. The van der Waals surface area contributed by atoms with E-state index in [-0.39, 0.29) is 11.6 Å². The van der Waals surface area contributed by atoms with Crippen LogP contribution in [0.4, 0.5) is 10.5 Å². The molecule has 2 aromatic carbocycles. The number of benzene rings is 2. The van der Waals surface area contributed by atoms with Crippen LogP contribution in [0.3, 0.4) is 0 Å². The first-order chi connectivity index (χ1) is 10.6. The summed E-state index contributed by atoms with van der Waals surface area (Å²) in [5, 5.41) is 6.19. The Bertz CT molecular complexity index is 675. The number of rotatable bonds is 3. The van der Waals surface area contributed by atoms with Gasteiger partial charge in [-0.15, -0.1) is 0 Å². The van der Waals surface area contributed by atoms with Crippen molar-refractivity contribution in [2.45, 2.75) is 38.6 Å². The molecule has 1 fully saturated rings. The third-order valence-electron chi connectivity index (χ3n) is 4.53. The molecule has 0 spiro atoms. The average molecular weight is 294 g/mol. The maximum Gasteiger partial charge on any atom is 0.319 e. The molecule has 0 bridgehead atoms. The van der Waals surface area contributed by atoms with Gasteiger partial charge in [-0.3, -0.25) is 0 Å². The summed E-state index contributed by atoms with van der Waals surface area (Å²) in [6.45, 7) is 4.03. The fraction of sp³-hybridized carbons (Fsp3) is 0.316. The van der Waals surface area contributed by atoms with Crippen molar-refractivity contribution in [3.05, 3.63) is 65.2 Å². The van der Waals surface area contributed by atoms with Gasteiger partial charge in [0.1, 0.15) is 0 Å². The molecule has 3 heteroatoms. The second-order valence-corrected chi connectivity index (χ2v) is 6.20. The van der Waals surface area contributed by atoms with E-state index < -0.39 is 0 Å². The highest BCUT2D eigenvalue weighted by Crippen LogP contribution is 2.41. The van der Waals surface area contributed by atoms with Crippen LogP contribution >= 0.6 is 0 Å². The molecule has 0 atom stereocenters. The molecule has 22 heavy (non-hydrogen) atoms. The van der Waals surface area contributed by atoms with Gasteiger partial charge in [0.25, 0.3) is 0 Å². The van der Waals surface area contributed by atoms with Crippen molar-refractivity contribution in [2.75, 3.05) is 5.32 Å². The fourth-order valence-corrected chi connectivity index (χ4v) is 3.01. The van der Waals surface area contributed by atoms with E-state index in [1.165, 1.54) is 5.56 Å². The summed E-state index contributed by atoms with van der Waals surface area (Å²) in [5.74, 6) is 0. The Kier molecular flexibility index (Phi) is 3.88. The molecular weight excluding hydrogens is 272 g/mol. The van der Waals surface area contributed by atoms with Crippen molar-refractivity contribution in [3.8, 4) is 0 Å². The number of amides is 2. The summed E-state index contributed by atoms with van der Waals surface area (Å²) in [6.07, 6.45) is 3.15. The summed E-state index contributed by atoms with van der Waals surface area (Å²) in [5.41, 5.74) is 4.08. The van der Waals surface area contributed by atoms with Crippen LogP contribution in [0.1, 0.15) is 36.0 Å². The fourth-order valence-electron chi connectivity index (χ4n) is 3.01. The minimum Gasteiger partial charge on any atom is -0.328 e. The van der Waals surface area contributed by atoms with Crippen LogP contribution in [0.5, 0.6) is 0 Å². The standard InChI is InChI=1S/C19H22N2O/c1-14-9-10-15(2)17(13-14)20-18(22)21-19(11-6-12-19)16-7-4-3-5-8-16/h3-5,7-10,13H,6,11-12H2,1-2H3,(H2,20,21,22). The molecular formula is C19H22N2O. The largest absolute Gasteiger partial charge is 0.328 e. The van der Waals surface area contributed by atoms with Gasteiger partial charge in [-0.2, -0.15) is 0 Å². The number of aryl methyl sites for hydroxylation is 2. The first-order valence-corrected chi connectivity index (χ1v) is 7.81. The first kappa shape index (κ1) is 14.6. The summed E-state index contributed by atoms with van der Waals surface area (Å²) in [7, 11) is 0. The topological polar surface area (TPSA) is 41.1 Å². The molecule has 0 aromatic heterocycles. The molecule has 2 N–H and O–H groups in total. The van der Waals surface area contributed by atoms with Gasteiger partial charge in [-0.1, -0.05) is 42.5 Å². The SMILES string of the molecule is Cc1ccc(C)c(NC(=O)NC2(c3ccccc3)CCC2)c1. The third-order valence-corrected chi connectivity index (χ3v) is 4.53. The number of urea groups is 1. The van der Waals surface area contributed by atoms with E-state index in [2.05, 4.69) is 28.8 Å². The van der Waals surface area contributed by atoms with Crippen molar-refractivity contribution in [1.29, 1.82) is 0 Å². The Morgan fingerprint density at radius 1 is 1.05 bits per heavy atom. The van der Waals surface area contributed by atoms with Crippen LogP contribution in [0.25, 0.3) is 0 Å². The average Bonchev–Trinajstić information content (AvgIpc) is 2.48. The molecule has 2 aromatic rings. The highest BCUT2D eigenvalue weighted by atomic mass is 16.2. The van der Waals surface area contributed by atoms with E-state index in [1.54, 1.807) is 0 Å². The van der Waals surface area contributed by atoms with Crippen molar-refractivity contribution in [1.82, 2.24) is 5.32 Å². The zero-order valence-electron chi connectivity index (χ0n) is 13.1. The summed E-state index contributed by atoms with van der Waals surface area (Å²) in [6, 6.07) is 16.2. The lowest BCUT2D eigenvalue weighted by Gasteiger charge is -2.43. The van der Waals surface area contributed by atoms with E-state index >= 15 is 0 Å². The molecule has 2 amide bonds. The van der Waals surface area contributed by atoms with E-state index in [0.29, 0.717) is 0 Å². The predicted octanol–water partition coefficient (Wildman–Crippen LogP) is 4.50. The second-order valence-electron chi connectivity index (χ2n) is 6.20. The van der Waals surface area contributed by atoms with Gasteiger partial charge in [0.05, 0.1) is 5.54 Å². The molecule has 3 rings (SSSR count). The summed E-state index contributed by atoms with van der Waals surface area (Å²) < 4.78 is 0. The molecule has 0 heterocycles. The maximum absolute atomic E-state index is 12.4. The summed E-state index contributed by atoms with van der Waals surface area (Å²) >= 11 is 0. The molecule has 1 saturated carbocycles. The van der Waals surface area contributed by atoms with Crippen molar-refractivity contribution < 1.29 is 4.79 Å². The molecule has 1 aliphatic carbocycles. The van der Waals surface area contributed by atoms with Crippen molar-refractivity contribution in [3.63, 3.8) is 0 Å². The van der Waals surface area contributed by atoms with Gasteiger partial charge < -0.3 is 10.6 Å². The van der Waals surface area contributed by atoms with Gasteiger partial charge in [-0.25, -0.2) is 4.79 Å². The maximum atomic E-state index is 12.4. The highest BCUT2D eigenvalue weighted by molar-refractivity contribution is 5.90. The lowest BCUT2D eigenvalue weighted by molar-refractivity contribution is 0.185. The molecule has 1 aliphatic rings. The number of hydrogen-bond acceptors (Lipinski definition) is 1. The lowest BCUT2D eigenvalue weighted by Crippen LogP contribution is -2.52. The van der Waals surface area contributed by atoms with Crippen LogP contribution in [-0.4, -0.2) is 6.03 Å². The second kappa shape index (κ2) is 5.84. The number of hydrogen-bond donors (Lipinski definition) is 2. The number of carbonyl (C=O) groups excluding carboxylic acids is 1. The molecule has 0 aliphatic heterocycles. The zero-order chi connectivity index (χ0) is 15.6. The minimum atomic E-state index is -0.205. The normalized spacial score (nSPS) is 15.7. The Hall–Kier alpha value is -2.29. The van der Waals surface area contributed by atoms with Crippen LogP contribution in [0, 0.1) is 13.8 Å². The van der Waals surface area contributed by atoms with E-state index in [1.807, 2.05) is 44.2 Å². The Labute approximate surface area is 131 Å². The quantitative estimate of drug-likeness (QED) is 0.859. The third kappa shape index (κ3) is 2.84. The van der Waals surface area contributed by atoms with Gasteiger partial charge in [0.2, 0.25) is 0 Å². The van der Waals surface area contributed by atoms with Gasteiger partial charge in [0, 0.05) is 5.69 Å². The Morgan fingerprint density at radius 3 is 2.41 bits per heavy atom. The minimum absolute atomic E-state index is 0.128. The van der Waals surface area contributed by atoms with Gasteiger partial charge in [-0.05, 0) is 55.9 Å². The smallest absolute Gasteiger partial charge is 0.319 e. The lowest BCUT2D eigenvalue weighted by atomic mass is 9.72. The predicted molar refractivity (Wildman–Crippen MR) is 90.0 cm³/mol. The van der Waals surface area contributed by atoms with Crippen LogP contribution < -0.4 is 10.6 Å². The molecule has 0 unspecified atom stereocenters. The highest BCUT2D eigenvalue weighted by Gasteiger charge is 2.39. The monoisotopic (exact) mass is 294 g/mol. The van der Waals surface area contributed by atoms with Crippen LogP contribution in [-0.2, 0) is 5.54 Å². The van der Waals surface area contributed by atoms with E-state index in [9.17, 15) is 4.79 Å². The number of nitrogens with one attached hydrogen (secondary N) is 2. The molecule has 3 nitrogen and oxygen atoms in total. The summed E-state index contributed by atoms with van der Waals surface area (Å²) in [4.78, 5) is 12.4. The number of anilines is 1. The van der Waals surface area contributed by atoms with Crippen LogP contribution in [0.2, 0.25) is 0 Å². The number of carbonyl (C=O) groups is 1. The Morgan fingerprint density at radius 2 is 1.77 bits per heavy atom. The van der Waals surface area contributed by atoms with Crippen LogP contribution in [0.15, 0.2) is 48.5 Å². The molecule has 0 radical (unpaired) electrons. The first-order valence-electron chi connectivity index (χ1n) is 7.81. The van der Waals surface area contributed by atoms with Crippen molar-refractivity contribution >= 4 is 11.7 Å². The van der Waals surface area contributed by atoms with Gasteiger partial charge in [0.15, 0.2) is 0 Å². The molecule has 114 valence electrons. The zero-order valence-corrected chi connectivity index (χ0v) is 13.1. The van der Waals surface area contributed by atoms with Gasteiger partial charge >= 0.3 is 6.03 Å². The van der Waals surface area contributed by atoms with Crippen molar-refractivity contribution in [2.24, 2.45) is 0 Å². The van der Waals surface area contributed by atoms with E-state index in [0.717, 1.165) is 36.1 Å². The molecule has 0 saturated heterocycles.